The Morgan fingerprint density at radius 2 is 2.22 bits per heavy atom. The molecule has 2 aliphatic rings. The van der Waals surface area contributed by atoms with E-state index >= 15 is 0 Å². The maximum absolute atomic E-state index is 12.6. The van der Waals surface area contributed by atoms with Crippen LogP contribution in [0.4, 0.5) is 8.78 Å². The van der Waals surface area contributed by atoms with Gasteiger partial charge in [-0.3, -0.25) is 4.90 Å². The van der Waals surface area contributed by atoms with Gasteiger partial charge in [0.25, 0.3) is 6.43 Å². The number of aliphatic hydroxyl groups is 1. The quantitative estimate of drug-likeness (QED) is 0.801. The zero-order valence-corrected chi connectivity index (χ0v) is 10.5. The fraction of sp³-hybridized carbons (Fsp3) is 1.00. The van der Waals surface area contributed by atoms with Crippen LogP contribution in [0.2, 0.25) is 0 Å². The lowest BCUT2D eigenvalue weighted by atomic mass is 9.89. The Balaban J connectivity index is 1.96. The Morgan fingerprint density at radius 1 is 1.39 bits per heavy atom. The molecule has 0 aromatic carbocycles. The maximum atomic E-state index is 12.6. The van der Waals surface area contributed by atoms with Crippen molar-refractivity contribution in [3.05, 3.63) is 0 Å². The van der Waals surface area contributed by atoms with Crippen molar-refractivity contribution >= 4 is 0 Å². The van der Waals surface area contributed by atoms with Crippen LogP contribution in [0.3, 0.4) is 0 Å². The Labute approximate surface area is 106 Å². The fourth-order valence-electron chi connectivity index (χ4n) is 2.91. The van der Waals surface area contributed by atoms with Crippen LogP contribution in [0.5, 0.6) is 0 Å². The lowest BCUT2D eigenvalue weighted by Gasteiger charge is -2.42. The van der Waals surface area contributed by atoms with Crippen LogP contribution >= 0.6 is 0 Å². The SMILES string of the molecule is OCCN(CC(F)F)C1CCOC2(CCOC2)C1. The molecule has 0 aromatic rings. The van der Waals surface area contributed by atoms with Gasteiger partial charge in [0.1, 0.15) is 0 Å². The lowest BCUT2D eigenvalue weighted by Crippen LogP contribution is -2.51. The summed E-state index contributed by atoms with van der Waals surface area (Å²) in [5.41, 5.74) is -0.279. The molecule has 106 valence electrons. The monoisotopic (exact) mass is 265 g/mol. The van der Waals surface area contributed by atoms with Gasteiger partial charge in [-0.1, -0.05) is 0 Å². The Bertz CT molecular complexity index is 260. The molecule has 1 spiro atoms. The van der Waals surface area contributed by atoms with Gasteiger partial charge >= 0.3 is 0 Å². The third kappa shape index (κ3) is 3.38. The summed E-state index contributed by atoms with van der Waals surface area (Å²) < 4.78 is 36.3. The number of alkyl halides is 2. The maximum Gasteiger partial charge on any atom is 0.251 e. The Hall–Kier alpha value is -0.300. The molecule has 0 amide bonds. The molecule has 2 atom stereocenters. The van der Waals surface area contributed by atoms with E-state index in [1.54, 1.807) is 4.90 Å². The van der Waals surface area contributed by atoms with Gasteiger partial charge in [-0.15, -0.1) is 0 Å². The molecule has 2 unspecified atom stereocenters. The molecule has 1 N–H and O–H groups in total. The van der Waals surface area contributed by atoms with Crippen molar-refractivity contribution in [2.45, 2.75) is 37.3 Å². The lowest BCUT2D eigenvalue weighted by molar-refractivity contribution is -0.111. The highest BCUT2D eigenvalue weighted by Crippen LogP contribution is 2.34. The zero-order valence-electron chi connectivity index (χ0n) is 10.5. The first-order valence-corrected chi connectivity index (χ1v) is 6.50. The van der Waals surface area contributed by atoms with E-state index < -0.39 is 6.43 Å². The summed E-state index contributed by atoms with van der Waals surface area (Å²) in [6.07, 6.45) is -0.0607. The molecule has 4 nitrogen and oxygen atoms in total. The first-order valence-electron chi connectivity index (χ1n) is 6.50. The molecule has 0 aromatic heterocycles. The van der Waals surface area contributed by atoms with E-state index in [2.05, 4.69) is 0 Å². The van der Waals surface area contributed by atoms with E-state index in [4.69, 9.17) is 14.6 Å². The average Bonchev–Trinajstić information content (AvgIpc) is 2.76. The minimum Gasteiger partial charge on any atom is -0.395 e. The van der Waals surface area contributed by atoms with E-state index in [1.807, 2.05) is 0 Å². The number of halogens is 2. The van der Waals surface area contributed by atoms with E-state index in [-0.39, 0.29) is 24.8 Å². The largest absolute Gasteiger partial charge is 0.395 e. The zero-order chi connectivity index (χ0) is 13.0. The highest BCUT2D eigenvalue weighted by Gasteiger charge is 2.42. The van der Waals surface area contributed by atoms with Crippen LogP contribution in [0, 0.1) is 0 Å². The fourth-order valence-corrected chi connectivity index (χ4v) is 2.91. The van der Waals surface area contributed by atoms with Crippen LogP contribution in [0.25, 0.3) is 0 Å². The standard InChI is InChI=1S/C12H21F2NO3/c13-11(14)8-15(3-4-16)10-1-5-18-12(7-10)2-6-17-9-12/h10-11,16H,1-9H2. The predicted molar refractivity (Wildman–Crippen MR) is 61.8 cm³/mol. The highest BCUT2D eigenvalue weighted by atomic mass is 19.3. The third-order valence-corrected chi connectivity index (χ3v) is 3.81. The number of nitrogens with zero attached hydrogens (tertiary/aromatic N) is 1. The summed E-state index contributed by atoms with van der Waals surface area (Å²) in [6.45, 7) is 1.76. The first-order chi connectivity index (χ1) is 8.65. The van der Waals surface area contributed by atoms with Crippen molar-refractivity contribution in [3.63, 3.8) is 0 Å². The smallest absolute Gasteiger partial charge is 0.251 e. The number of aliphatic hydroxyl groups excluding tert-OH is 1. The van der Waals surface area contributed by atoms with Crippen molar-refractivity contribution in [3.8, 4) is 0 Å². The molecular formula is C12H21F2NO3. The van der Waals surface area contributed by atoms with Gasteiger partial charge in [0.2, 0.25) is 0 Å². The highest BCUT2D eigenvalue weighted by molar-refractivity contribution is 4.93. The van der Waals surface area contributed by atoms with Gasteiger partial charge in [0.15, 0.2) is 0 Å². The van der Waals surface area contributed by atoms with Gasteiger partial charge in [0, 0.05) is 32.2 Å². The number of ether oxygens (including phenoxy) is 2. The Morgan fingerprint density at radius 3 is 2.83 bits per heavy atom. The van der Waals surface area contributed by atoms with Crippen LogP contribution in [-0.4, -0.2) is 67.6 Å². The molecule has 2 fully saturated rings. The molecule has 6 heteroatoms. The van der Waals surface area contributed by atoms with Crippen molar-refractivity contribution in [2.24, 2.45) is 0 Å². The second-order valence-electron chi connectivity index (χ2n) is 5.09. The molecule has 2 aliphatic heterocycles. The van der Waals surface area contributed by atoms with Gasteiger partial charge in [-0.2, -0.15) is 0 Å². The first kappa shape index (κ1) is 14.1. The van der Waals surface area contributed by atoms with E-state index in [0.717, 1.165) is 19.3 Å². The molecule has 2 saturated heterocycles. The molecule has 0 saturated carbocycles. The molecule has 18 heavy (non-hydrogen) atoms. The summed E-state index contributed by atoms with van der Waals surface area (Å²) in [5.74, 6) is 0. The summed E-state index contributed by atoms with van der Waals surface area (Å²) in [4.78, 5) is 1.69. The third-order valence-electron chi connectivity index (χ3n) is 3.81. The molecule has 2 heterocycles. The minimum absolute atomic E-state index is 0.0570. The van der Waals surface area contributed by atoms with Crippen molar-refractivity contribution in [1.82, 2.24) is 4.90 Å². The van der Waals surface area contributed by atoms with Gasteiger partial charge in [0.05, 0.1) is 25.4 Å². The summed E-state index contributed by atoms with van der Waals surface area (Å²) >= 11 is 0. The van der Waals surface area contributed by atoms with Crippen molar-refractivity contribution < 1.29 is 23.4 Å². The molecule has 0 bridgehead atoms. The van der Waals surface area contributed by atoms with Crippen LogP contribution in [0.1, 0.15) is 19.3 Å². The summed E-state index contributed by atoms with van der Waals surface area (Å²) in [6, 6.07) is 0.0570. The minimum atomic E-state index is -2.37. The molecule has 0 radical (unpaired) electrons. The van der Waals surface area contributed by atoms with E-state index in [1.165, 1.54) is 0 Å². The van der Waals surface area contributed by atoms with E-state index in [0.29, 0.717) is 26.4 Å². The van der Waals surface area contributed by atoms with Gasteiger partial charge in [-0.25, -0.2) is 8.78 Å². The van der Waals surface area contributed by atoms with Crippen molar-refractivity contribution in [1.29, 1.82) is 0 Å². The number of hydrogen-bond acceptors (Lipinski definition) is 4. The average molecular weight is 265 g/mol. The van der Waals surface area contributed by atoms with Crippen LogP contribution < -0.4 is 0 Å². The Kier molecular flexibility index (Phi) is 4.89. The second-order valence-corrected chi connectivity index (χ2v) is 5.09. The number of hydrogen-bond donors (Lipinski definition) is 1. The van der Waals surface area contributed by atoms with Crippen LogP contribution in [0.15, 0.2) is 0 Å². The van der Waals surface area contributed by atoms with Crippen LogP contribution in [-0.2, 0) is 9.47 Å². The topological polar surface area (TPSA) is 41.9 Å². The van der Waals surface area contributed by atoms with Gasteiger partial charge < -0.3 is 14.6 Å². The summed E-state index contributed by atoms with van der Waals surface area (Å²) in [5, 5.41) is 8.99. The van der Waals surface area contributed by atoms with Gasteiger partial charge in [-0.05, 0) is 12.8 Å². The number of rotatable bonds is 5. The van der Waals surface area contributed by atoms with Crippen molar-refractivity contribution in [2.75, 3.05) is 39.5 Å². The second kappa shape index (κ2) is 6.23. The molecule has 0 aliphatic carbocycles. The van der Waals surface area contributed by atoms with E-state index in [9.17, 15) is 8.78 Å². The predicted octanol–water partition coefficient (Wildman–Crippen LogP) is 0.884. The molecular weight excluding hydrogens is 244 g/mol. The molecule has 2 rings (SSSR count). The normalized spacial score (nSPS) is 32.8. The summed E-state index contributed by atoms with van der Waals surface area (Å²) in [7, 11) is 0.